The first-order chi connectivity index (χ1) is 13.6. The second-order valence-electron chi connectivity index (χ2n) is 6.71. The van der Waals surface area contributed by atoms with Gasteiger partial charge in [0.1, 0.15) is 24.2 Å². The average molecular weight is 382 g/mol. The molecule has 4 rings (SSSR count). The number of hydrogen-bond acceptors (Lipinski definition) is 4. The molecular formula is C21H19FN2O4. The summed E-state index contributed by atoms with van der Waals surface area (Å²) in [6.45, 7) is -0.485. The van der Waals surface area contributed by atoms with E-state index in [9.17, 15) is 19.1 Å². The van der Waals surface area contributed by atoms with Crippen LogP contribution in [-0.2, 0) is 9.53 Å². The van der Waals surface area contributed by atoms with E-state index >= 15 is 0 Å². The van der Waals surface area contributed by atoms with Crippen LogP contribution in [0.5, 0.6) is 0 Å². The molecule has 7 heteroatoms. The number of aliphatic hydroxyl groups excluding tert-OH is 1. The fraction of sp³-hybridized carbons (Fsp3) is 0.238. The summed E-state index contributed by atoms with van der Waals surface area (Å²) in [7, 11) is 0. The van der Waals surface area contributed by atoms with Gasteiger partial charge in [0.2, 0.25) is 0 Å². The topological polar surface area (TPSA) is 78.9 Å². The molecule has 2 aromatic rings. The minimum atomic E-state index is -1.40. The van der Waals surface area contributed by atoms with Gasteiger partial charge in [0.05, 0.1) is 6.61 Å². The lowest BCUT2D eigenvalue weighted by molar-refractivity contribution is -0.116. The monoisotopic (exact) mass is 382 g/mol. The molecule has 28 heavy (non-hydrogen) atoms. The van der Waals surface area contributed by atoms with Gasteiger partial charge in [-0.05, 0) is 22.8 Å². The summed E-state index contributed by atoms with van der Waals surface area (Å²) in [6, 6.07) is 16.7. The number of carbonyl (C=O) groups excluding carboxylic acids is 2. The maximum atomic E-state index is 13.9. The molecule has 0 bridgehead atoms. The van der Waals surface area contributed by atoms with Gasteiger partial charge in [0.15, 0.2) is 0 Å². The van der Waals surface area contributed by atoms with Crippen LogP contribution in [0.3, 0.4) is 0 Å². The largest absolute Gasteiger partial charge is 0.394 e. The maximum absolute atomic E-state index is 13.9. The molecule has 2 heterocycles. The lowest BCUT2D eigenvalue weighted by Crippen LogP contribution is -2.37. The SMILES string of the molecule is O=C1NC(=O)N([C@H]2C[C@H](F)[C@@H](CO)O2)/C1=C/c1ccc(-c2ccccc2)cc1. The Morgan fingerprint density at radius 1 is 1.11 bits per heavy atom. The van der Waals surface area contributed by atoms with Crippen LogP contribution in [0.4, 0.5) is 9.18 Å². The lowest BCUT2D eigenvalue weighted by Gasteiger charge is -2.22. The molecule has 2 fully saturated rings. The molecule has 3 atom stereocenters. The molecule has 2 aliphatic rings. The van der Waals surface area contributed by atoms with Crippen LogP contribution < -0.4 is 5.32 Å². The Kier molecular flexibility index (Phi) is 4.93. The van der Waals surface area contributed by atoms with Gasteiger partial charge >= 0.3 is 6.03 Å². The molecule has 0 aromatic heterocycles. The molecular weight excluding hydrogens is 363 g/mol. The summed E-state index contributed by atoms with van der Waals surface area (Å²) in [6.07, 6.45) is -1.87. The third kappa shape index (κ3) is 3.42. The van der Waals surface area contributed by atoms with E-state index < -0.39 is 37.0 Å². The normalized spacial score (nSPS) is 26.1. The highest BCUT2D eigenvalue weighted by atomic mass is 19.1. The fourth-order valence-corrected chi connectivity index (χ4v) is 3.43. The van der Waals surface area contributed by atoms with Crippen molar-refractivity contribution < 1.29 is 23.8 Å². The Hall–Kier alpha value is -3.03. The predicted octanol–water partition coefficient (Wildman–Crippen LogP) is 2.69. The van der Waals surface area contributed by atoms with Gasteiger partial charge in [-0.15, -0.1) is 0 Å². The van der Waals surface area contributed by atoms with Crippen molar-refractivity contribution >= 4 is 18.0 Å². The number of carbonyl (C=O) groups is 2. The second-order valence-corrected chi connectivity index (χ2v) is 6.71. The zero-order chi connectivity index (χ0) is 19.7. The van der Waals surface area contributed by atoms with Crippen molar-refractivity contribution in [1.29, 1.82) is 0 Å². The van der Waals surface area contributed by atoms with Crippen molar-refractivity contribution in [3.63, 3.8) is 0 Å². The van der Waals surface area contributed by atoms with Gasteiger partial charge in [-0.3, -0.25) is 15.0 Å². The van der Waals surface area contributed by atoms with E-state index in [4.69, 9.17) is 4.74 Å². The molecule has 144 valence electrons. The van der Waals surface area contributed by atoms with E-state index in [1.165, 1.54) is 0 Å². The zero-order valence-corrected chi connectivity index (χ0v) is 14.9. The number of nitrogens with zero attached hydrogens (tertiary/aromatic N) is 1. The summed E-state index contributed by atoms with van der Waals surface area (Å²) >= 11 is 0. The third-order valence-corrected chi connectivity index (χ3v) is 4.88. The Balaban J connectivity index is 1.60. The minimum Gasteiger partial charge on any atom is -0.394 e. The van der Waals surface area contributed by atoms with Crippen LogP contribution in [0, 0.1) is 0 Å². The van der Waals surface area contributed by atoms with Gasteiger partial charge in [0.25, 0.3) is 5.91 Å². The first-order valence-corrected chi connectivity index (χ1v) is 8.99. The number of aliphatic hydroxyl groups is 1. The summed E-state index contributed by atoms with van der Waals surface area (Å²) in [5.74, 6) is -0.566. The van der Waals surface area contributed by atoms with Crippen LogP contribution in [0.1, 0.15) is 12.0 Å². The lowest BCUT2D eigenvalue weighted by atomic mass is 10.0. The summed E-state index contributed by atoms with van der Waals surface area (Å²) in [4.78, 5) is 25.6. The Morgan fingerprint density at radius 3 is 2.43 bits per heavy atom. The molecule has 2 aliphatic heterocycles. The number of benzene rings is 2. The number of nitrogens with one attached hydrogen (secondary N) is 1. The number of imide groups is 1. The summed E-state index contributed by atoms with van der Waals surface area (Å²) in [5, 5.41) is 11.4. The Bertz CT molecular complexity index is 914. The van der Waals surface area contributed by atoms with Crippen molar-refractivity contribution in [3.05, 3.63) is 65.9 Å². The maximum Gasteiger partial charge on any atom is 0.331 e. The first kappa shape index (κ1) is 18.3. The molecule has 0 aliphatic carbocycles. The summed E-state index contributed by atoms with van der Waals surface area (Å²) in [5.41, 5.74) is 2.91. The summed E-state index contributed by atoms with van der Waals surface area (Å²) < 4.78 is 19.3. The van der Waals surface area contributed by atoms with Gasteiger partial charge in [0, 0.05) is 6.42 Å². The number of alkyl halides is 1. The zero-order valence-electron chi connectivity index (χ0n) is 14.9. The first-order valence-electron chi connectivity index (χ1n) is 8.99. The van der Waals surface area contributed by atoms with Gasteiger partial charge in [-0.25, -0.2) is 9.18 Å². The van der Waals surface area contributed by atoms with Crippen LogP contribution in [-0.4, -0.2) is 47.1 Å². The molecule has 0 unspecified atom stereocenters. The highest BCUT2D eigenvalue weighted by Crippen LogP contribution is 2.31. The van der Waals surface area contributed by atoms with E-state index in [1.54, 1.807) is 6.08 Å². The highest BCUT2D eigenvalue weighted by Gasteiger charge is 2.45. The molecule has 6 nitrogen and oxygen atoms in total. The second kappa shape index (κ2) is 7.53. The molecule has 2 aromatic carbocycles. The number of rotatable bonds is 4. The van der Waals surface area contributed by atoms with Crippen molar-refractivity contribution in [2.24, 2.45) is 0 Å². The van der Waals surface area contributed by atoms with E-state index in [1.807, 2.05) is 54.6 Å². The quantitative estimate of drug-likeness (QED) is 0.630. The molecule has 0 saturated carbocycles. The number of urea groups is 1. The van der Waals surface area contributed by atoms with Gasteiger partial charge < -0.3 is 9.84 Å². The molecule has 0 spiro atoms. The Morgan fingerprint density at radius 2 is 1.79 bits per heavy atom. The molecule has 2 saturated heterocycles. The number of hydrogen-bond donors (Lipinski definition) is 2. The highest BCUT2D eigenvalue weighted by molar-refractivity contribution is 6.14. The number of ether oxygens (including phenoxy) is 1. The van der Waals surface area contributed by atoms with Crippen molar-refractivity contribution in [3.8, 4) is 11.1 Å². The van der Waals surface area contributed by atoms with Crippen molar-refractivity contribution in [2.75, 3.05) is 6.61 Å². The molecule has 0 radical (unpaired) electrons. The molecule has 2 N–H and O–H groups in total. The van der Waals surface area contributed by atoms with Crippen molar-refractivity contribution in [2.45, 2.75) is 24.9 Å². The molecule has 3 amide bonds. The smallest absolute Gasteiger partial charge is 0.331 e. The van der Waals surface area contributed by atoms with Gasteiger partial charge in [-0.1, -0.05) is 54.6 Å². The van der Waals surface area contributed by atoms with Crippen LogP contribution >= 0.6 is 0 Å². The van der Waals surface area contributed by atoms with E-state index in [2.05, 4.69) is 5.32 Å². The van der Waals surface area contributed by atoms with E-state index in [0.717, 1.165) is 21.6 Å². The minimum absolute atomic E-state index is 0.0910. The standard InChI is InChI=1S/C21H19FN2O4/c22-16-11-19(28-18(16)12-25)24-17(20(26)23-21(24)27)10-13-6-8-15(9-7-13)14-4-2-1-3-5-14/h1-10,16,18-19,25H,11-12H2,(H,23,26,27)/b17-10+/t16-,18+,19+/m0/s1. The van der Waals surface area contributed by atoms with Crippen LogP contribution in [0.2, 0.25) is 0 Å². The van der Waals surface area contributed by atoms with Crippen LogP contribution in [0.25, 0.3) is 17.2 Å². The van der Waals surface area contributed by atoms with E-state index in [-0.39, 0.29) is 12.1 Å². The average Bonchev–Trinajstić information content (AvgIpc) is 3.21. The predicted molar refractivity (Wildman–Crippen MR) is 100 cm³/mol. The number of amides is 3. The van der Waals surface area contributed by atoms with Crippen LogP contribution in [0.15, 0.2) is 60.3 Å². The third-order valence-electron chi connectivity index (χ3n) is 4.88. The number of halogens is 1. The van der Waals surface area contributed by atoms with Crippen molar-refractivity contribution in [1.82, 2.24) is 10.2 Å². The van der Waals surface area contributed by atoms with E-state index in [0.29, 0.717) is 0 Å². The van der Waals surface area contributed by atoms with Gasteiger partial charge in [-0.2, -0.15) is 0 Å². The fourth-order valence-electron chi connectivity index (χ4n) is 3.43. The Labute approximate surface area is 161 Å².